The Bertz CT molecular complexity index is 1160. The summed E-state index contributed by atoms with van der Waals surface area (Å²) in [5.41, 5.74) is 2.71. The van der Waals surface area contributed by atoms with E-state index in [0.717, 1.165) is 37.7 Å². The zero-order chi connectivity index (χ0) is 22.9. The number of ether oxygens (including phenoxy) is 2. The summed E-state index contributed by atoms with van der Waals surface area (Å²) in [6, 6.07) is 9.70. The number of morpholine rings is 1. The molecule has 0 radical (unpaired) electrons. The molecular formula is C24H26N4O5. The molecular weight excluding hydrogens is 424 g/mol. The average Bonchev–Trinajstić information content (AvgIpc) is 3.25. The maximum atomic E-state index is 13.1. The van der Waals surface area contributed by atoms with Crippen molar-refractivity contribution in [3.8, 4) is 5.69 Å². The second kappa shape index (κ2) is 8.67. The molecule has 0 amide bonds. The lowest BCUT2D eigenvalue weighted by Gasteiger charge is -2.29. The lowest BCUT2D eigenvalue weighted by molar-refractivity contribution is -0.141. The van der Waals surface area contributed by atoms with Crippen LogP contribution < -0.4 is 21.1 Å². The molecule has 3 heterocycles. The number of benzene rings is 1. The van der Waals surface area contributed by atoms with Gasteiger partial charge in [0.05, 0.1) is 24.8 Å². The van der Waals surface area contributed by atoms with Crippen molar-refractivity contribution < 1.29 is 19.4 Å². The highest BCUT2D eigenvalue weighted by Crippen LogP contribution is 2.29. The zero-order valence-electron chi connectivity index (χ0n) is 18.2. The molecule has 33 heavy (non-hydrogen) atoms. The number of carboxylic acids is 1. The molecule has 2 aliphatic heterocycles. The summed E-state index contributed by atoms with van der Waals surface area (Å²) >= 11 is 0. The molecule has 5 rings (SSSR count). The second-order valence-corrected chi connectivity index (χ2v) is 8.33. The number of allylic oxidation sites excluding steroid dienone is 2. The van der Waals surface area contributed by atoms with Crippen LogP contribution in [0.4, 0.5) is 17.1 Å². The predicted molar refractivity (Wildman–Crippen MR) is 125 cm³/mol. The number of fused-ring (bicyclic) bond motifs is 1. The van der Waals surface area contributed by atoms with Crippen LogP contribution in [0.2, 0.25) is 0 Å². The van der Waals surface area contributed by atoms with Crippen molar-refractivity contribution in [1.29, 1.82) is 0 Å². The van der Waals surface area contributed by atoms with Gasteiger partial charge in [-0.3, -0.25) is 14.2 Å². The van der Waals surface area contributed by atoms with Gasteiger partial charge in [-0.25, -0.2) is 0 Å². The lowest BCUT2D eigenvalue weighted by Crippen LogP contribution is -2.36. The predicted octanol–water partition coefficient (Wildman–Crippen LogP) is 2.60. The highest BCUT2D eigenvalue weighted by molar-refractivity contribution is 5.74. The number of carbonyl (C=O) groups is 1. The SMILES string of the molecule is CC1C=CC(OC2Nc3ccn(-c4ccc(N5CCOCC5)cc4)c(=O)c3N2)=CC1C(=O)O. The molecule has 1 aromatic heterocycles. The Hall–Kier alpha value is -3.72. The highest BCUT2D eigenvalue weighted by Gasteiger charge is 2.28. The summed E-state index contributed by atoms with van der Waals surface area (Å²) < 4.78 is 12.9. The van der Waals surface area contributed by atoms with Crippen molar-refractivity contribution in [2.75, 3.05) is 41.8 Å². The van der Waals surface area contributed by atoms with Crippen LogP contribution in [0.5, 0.6) is 0 Å². The van der Waals surface area contributed by atoms with Gasteiger partial charge in [0.15, 0.2) is 0 Å². The number of hydrogen-bond acceptors (Lipinski definition) is 7. The molecule has 1 aliphatic carbocycles. The third-order valence-corrected chi connectivity index (χ3v) is 6.17. The van der Waals surface area contributed by atoms with E-state index >= 15 is 0 Å². The Labute approximate surface area is 190 Å². The van der Waals surface area contributed by atoms with E-state index in [0.29, 0.717) is 17.1 Å². The monoisotopic (exact) mass is 450 g/mol. The molecule has 3 unspecified atom stereocenters. The maximum absolute atomic E-state index is 13.1. The Morgan fingerprint density at radius 1 is 1.12 bits per heavy atom. The Kier molecular flexibility index (Phi) is 5.55. The summed E-state index contributed by atoms with van der Waals surface area (Å²) in [4.78, 5) is 26.8. The summed E-state index contributed by atoms with van der Waals surface area (Å²) in [6.07, 6.45) is 6.21. The molecule has 1 saturated heterocycles. The molecule has 0 saturated carbocycles. The number of pyridine rings is 1. The van der Waals surface area contributed by atoms with Gasteiger partial charge >= 0.3 is 5.97 Å². The fraction of sp³-hybridized carbons (Fsp3) is 0.333. The van der Waals surface area contributed by atoms with Crippen LogP contribution >= 0.6 is 0 Å². The molecule has 1 aromatic carbocycles. The number of aromatic nitrogens is 1. The van der Waals surface area contributed by atoms with E-state index in [1.54, 1.807) is 22.9 Å². The smallest absolute Gasteiger partial charge is 0.311 e. The summed E-state index contributed by atoms with van der Waals surface area (Å²) in [5, 5.41) is 15.6. The molecule has 0 spiro atoms. The van der Waals surface area contributed by atoms with E-state index in [4.69, 9.17) is 9.47 Å². The molecule has 172 valence electrons. The molecule has 3 aliphatic rings. The molecule has 3 atom stereocenters. The van der Waals surface area contributed by atoms with E-state index < -0.39 is 18.2 Å². The van der Waals surface area contributed by atoms with E-state index in [9.17, 15) is 14.7 Å². The van der Waals surface area contributed by atoms with Crippen LogP contribution in [-0.2, 0) is 14.3 Å². The van der Waals surface area contributed by atoms with Gasteiger partial charge in [-0.1, -0.05) is 13.0 Å². The largest absolute Gasteiger partial charge is 0.481 e. The van der Waals surface area contributed by atoms with Crippen LogP contribution in [0.3, 0.4) is 0 Å². The fourth-order valence-corrected chi connectivity index (χ4v) is 4.27. The van der Waals surface area contributed by atoms with Crippen LogP contribution in [0.1, 0.15) is 6.92 Å². The van der Waals surface area contributed by atoms with Crippen molar-refractivity contribution >= 4 is 23.0 Å². The van der Waals surface area contributed by atoms with Crippen molar-refractivity contribution in [2.24, 2.45) is 11.8 Å². The minimum absolute atomic E-state index is 0.113. The standard InChI is InChI=1S/C24H26N4O5/c1-15-2-7-18(14-19(15)23(30)31)33-24-25-20-8-9-28(22(29)21(20)26-24)17-5-3-16(4-6-17)27-10-12-32-13-11-27/h2-9,14-15,19,24-26H,10-13H2,1H3,(H,30,31). The highest BCUT2D eigenvalue weighted by atomic mass is 16.5. The average molecular weight is 450 g/mol. The number of nitrogens with one attached hydrogen (secondary N) is 2. The first kappa shape index (κ1) is 21.1. The third kappa shape index (κ3) is 4.19. The van der Waals surface area contributed by atoms with Crippen LogP contribution in [-0.4, -0.2) is 48.3 Å². The van der Waals surface area contributed by atoms with E-state index in [2.05, 4.69) is 15.5 Å². The third-order valence-electron chi connectivity index (χ3n) is 6.17. The fourth-order valence-electron chi connectivity index (χ4n) is 4.27. The molecule has 3 N–H and O–H groups in total. The number of aliphatic carboxylic acids is 1. The van der Waals surface area contributed by atoms with Gasteiger partial charge < -0.3 is 30.1 Å². The molecule has 2 aromatic rings. The summed E-state index contributed by atoms with van der Waals surface area (Å²) in [7, 11) is 0. The van der Waals surface area contributed by atoms with Crippen molar-refractivity contribution in [1.82, 2.24) is 4.57 Å². The molecule has 9 nitrogen and oxygen atoms in total. The van der Waals surface area contributed by atoms with Gasteiger partial charge in [-0.15, -0.1) is 0 Å². The molecule has 0 bridgehead atoms. The quantitative estimate of drug-likeness (QED) is 0.639. The van der Waals surface area contributed by atoms with E-state index in [1.165, 1.54) is 0 Å². The van der Waals surface area contributed by atoms with Gasteiger partial charge in [0.25, 0.3) is 5.56 Å². The van der Waals surface area contributed by atoms with E-state index in [1.807, 2.05) is 43.3 Å². The number of carboxylic acid groups (broad SMARTS) is 1. The van der Waals surface area contributed by atoms with Gasteiger partial charge in [0, 0.05) is 30.7 Å². The summed E-state index contributed by atoms with van der Waals surface area (Å²) in [5.74, 6) is -1.21. The van der Waals surface area contributed by atoms with Crippen LogP contribution in [0, 0.1) is 11.8 Å². The Balaban J connectivity index is 1.31. The van der Waals surface area contributed by atoms with Crippen molar-refractivity contribution in [3.05, 3.63) is 70.9 Å². The zero-order valence-corrected chi connectivity index (χ0v) is 18.2. The van der Waals surface area contributed by atoms with Gasteiger partial charge in [-0.05, 0) is 48.4 Å². The number of rotatable bonds is 5. The summed E-state index contributed by atoms with van der Waals surface area (Å²) in [6.45, 7) is 4.99. The topological polar surface area (TPSA) is 105 Å². The van der Waals surface area contributed by atoms with Crippen molar-refractivity contribution in [2.45, 2.75) is 13.3 Å². The molecule has 1 fully saturated rings. The van der Waals surface area contributed by atoms with Gasteiger partial charge in [0.2, 0.25) is 6.35 Å². The second-order valence-electron chi connectivity index (χ2n) is 8.33. The minimum atomic E-state index is -0.897. The minimum Gasteiger partial charge on any atom is -0.481 e. The van der Waals surface area contributed by atoms with Gasteiger partial charge in [-0.2, -0.15) is 0 Å². The Morgan fingerprint density at radius 3 is 2.58 bits per heavy atom. The van der Waals surface area contributed by atoms with E-state index in [-0.39, 0.29) is 11.5 Å². The first-order valence-electron chi connectivity index (χ1n) is 11.0. The number of hydrogen-bond donors (Lipinski definition) is 3. The maximum Gasteiger partial charge on any atom is 0.311 e. The number of anilines is 3. The van der Waals surface area contributed by atoms with Crippen molar-refractivity contribution in [3.63, 3.8) is 0 Å². The normalized spacial score (nSPS) is 23.8. The first-order valence-corrected chi connectivity index (χ1v) is 11.0. The van der Waals surface area contributed by atoms with Crippen LogP contribution in [0.15, 0.2) is 65.3 Å². The molecule has 9 heteroatoms. The number of nitrogens with zero attached hydrogens (tertiary/aromatic N) is 2. The lowest BCUT2D eigenvalue weighted by atomic mass is 9.89. The first-order chi connectivity index (χ1) is 16.0. The van der Waals surface area contributed by atoms with Gasteiger partial charge in [0.1, 0.15) is 11.4 Å². The van der Waals surface area contributed by atoms with Crippen LogP contribution in [0.25, 0.3) is 5.69 Å². The Morgan fingerprint density at radius 2 is 1.85 bits per heavy atom.